The first-order valence-corrected chi connectivity index (χ1v) is 14.0. The Hall–Kier alpha value is -1.04. The highest BCUT2D eigenvalue weighted by atomic mass is 14.4. The summed E-state index contributed by atoms with van der Waals surface area (Å²) in [5.74, 6) is 5.08. The number of hydrogen-bond donors (Lipinski definition) is 0. The lowest BCUT2D eigenvalue weighted by molar-refractivity contribution is 0.0699. The Morgan fingerprint density at radius 3 is 2.45 bits per heavy atom. The third-order valence-corrected chi connectivity index (χ3v) is 9.31. The molecule has 0 heteroatoms. The van der Waals surface area contributed by atoms with Gasteiger partial charge < -0.3 is 0 Å². The van der Waals surface area contributed by atoms with Gasteiger partial charge in [0.2, 0.25) is 0 Å². The van der Waals surface area contributed by atoms with Crippen molar-refractivity contribution in [3.63, 3.8) is 0 Å². The Labute approximate surface area is 193 Å². The van der Waals surface area contributed by atoms with Crippen molar-refractivity contribution < 1.29 is 0 Å². The molecule has 2 saturated carbocycles. The van der Waals surface area contributed by atoms with Crippen LogP contribution < -0.4 is 0 Å². The number of fused-ring (bicyclic) bond motifs is 2. The fraction of sp³-hybridized carbons (Fsp3) is 0.742. The van der Waals surface area contributed by atoms with Gasteiger partial charge in [0, 0.05) is 0 Å². The van der Waals surface area contributed by atoms with Gasteiger partial charge in [-0.1, -0.05) is 63.3 Å². The molecule has 3 aliphatic rings. The van der Waals surface area contributed by atoms with Crippen LogP contribution in [0.3, 0.4) is 0 Å². The SMILES string of the molecule is C=CCC[C@@H]1CC[C@@H]2CC(C3CCc4cc(CCCCCCC)ccc4C3)CCC2C1. The van der Waals surface area contributed by atoms with E-state index in [0.717, 1.165) is 29.6 Å². The van der Waals surface area contributed by atoms with Gasteiger partial charge in [-0.2, -0.15) is 0 Å². The molecule has 1 aromatic rings. The number of rotatable bonds is 10. The van der Waals surface area contributed by atoms with Crippen LogP contribution in [-0.4, -0.2) is 0 Å². The maximum absolute atomic E-state index is 3.93. The summed E-state index contributed by atoms with van der Waals surface area (Å²) in [6, 6.07) is 7.55. The van der Waals surface area contributed by atoms with Crippen LogP contribution in [0.2, 0.25) is 0 Å². The monoisotopic (exact) mass is 420 g/mol. The highest BCUT2D eigenvalue weighted by molar-refractivity contribution is 5.34. The van der Waals surface area contributed by atoms with Crippen LogP contribution in [0.15, 0.2) is 30.9 Å². The van der Waals surface area contributed by atoms with Crippen molar-refractivity contribution in [3.05, 3.63) is 47.5 Å². The molecule has 0 aliphatic heterocycles. The van der Waals surface area contributed by atoms with Gasteiger partial charge in [-0.3, -0.25) is 0 Å². The lowest BCUT2D eigenvalue weighted by Crippen LogP contribution is -2.35. The highest BCUT2D eigenvalue weighted by Gasteiger charge is 2.38. The predicted molar refractivity (Wildman–Crippen MR) is 136 cm³/mol. The number of allylic oxidation sites excluding steroid dienone is 1. The van der Waals surface area contributed by atoms with Crippen molar-refractivity contribution in [2.45, 2.75) is 116 Å². The summed E-state index contributed by atoms with van der Waals surface area (Å²) < 4.78 is 0. The molecule has 0 aromatic heterocycles. The molecule has 0 saturated heterocycles. The largest absolute Gasteiger partial charge is 0.103 e. The molecule has 0 N–H and O–H groups in total. The molecule has 0 radical (unpaired) electrons. The molecule has 4 rings (SSSR count). The summed E-state index contributed by atoms with van der Waals surface area (Å²) in [4.78, 5) is 0. The maximum atomic E-state index is 3.93. The normalized spacial score (nSPS) is 30.4. The van der Waals surface area contributed by atoms with Crippen LogP contribution in [0.5, 0.6) is 0 Å². The van der Waals surface area contributed by atoms with Crippen LogP contribution in [0, 0.1) is 29.6 Å². The van der Waals surface area contributed by atoms with Gasteiger partial charge in [0.25, 0.3) is 0 Å². The molecule has 1 aromatic carbocycles. The van der Waals surface area contributed by atoms with E-state index >= 15 is 0 Å². The number of benzene rings is 1. The van der Waals surface area contributed by atoms with Crippen molar-refractivity contribution in [2.75, 3.05) is 0 Å². The summed E-state index contributed by atoms with van der Waals surface area (Å²) in [6.45, 7) is 6.24. The third kappa shape index (κ3) is 6.27. The molecule has 172 valence electrons. The topological polar surface area (TPSA) is 0 Å². The van der Waals surface area contributed by atoms with E-state index in [1.54, 1.807) is 23.1 Å². The average molecular weight is 421 g/mol. The molecule has 5 atom stereocenters. The Morgan fingerprint density at radius 2 is 1.61 bits per heavy atom. The second-order valence-corrected chi connectivity index (χ2v) is 11.4. The van der Waals surface area contributed by atoms with Crippen molar-refractivity contribution in [2.24, 2.45) is 29.6 Å². The first-order chi connectivity index (χ1) is 15.3. The summed E-state index contributed by atoms with van der Waals surface area (Å²) in [6.07, 6.45) is 26.3. The zero-order valence-corrected chi connectivity index (χ0v) is 20.4. The van der Waals surface area contributed by atoms with E-state index in [2.05, 4.69) is 37.8 Å². The number of unbranched alkanes of at least 4 members (excludes halogenated alkanes) is 4. The Kier molecular flexibility index (Phi) is 8.74. The highest BCUT2D eigenvalue weighted by Crippen LogP contribution is 2.49. The number of aryl methyl sites for hydroxylation is 2. The van der Waals surface area contributed by atoms with Crippen LogP contribution in [0.4, 0.5) is 0 Å². The first-order valence-electron chi connectivity index (χ1n) is 14.0. The van der Waals surface area contributed by atoms with Crippen LogP contribution in [0.25, 0.3) is 0 Å². The van der Waals surface area contributed by atoms with Gasteiger partial charge in [-0.15, -0.1) is 6.58 Å². The Morgan fingerprint density at radius 1 is 0.839 bits per heavy atom. The van der Waals surface area contributed by atoms with Gasteiger partial charge in [0.05, 0.1) is 0 Å². The molecule has 0 heterocycles. The van der Waals surface area contributed by atoms with E-state index in [9.17, 15) is 0 Å². The molecular formula is C31H48. The van der Waals surface area contributed by atoms with Crippen molar-refractivity contribution in [3.8, 4) is 0 Å². The van der Waals surface area contributed by atoms with Crippen LogP contribution >= 0.6 is 0 Å². The first kappa shape index (κ1) is 23.1. The number of hydrogen-bond acceptors (Lipinski definition) is 0. The fourth-order valence-corrected chi connectivity index (χ4v) is 7.39. The molecule has 0 bridgehead atoms. The fourth-order valence-electron chi connectivity index (χ4n) is 7.39. The summed E-state index contributed by atoms with van der Waals surface area (Å²) in [5.41, 5.74) is 4.99. The molecule has 3 aliphatic carbocycles. The summed E-state index contributed by atoms with van der Waals surface area (Å²) in [7, 11) is 0. The van der Waals surface area contributed by atoms with E-state index in [1.807, 2.05) is 0 Å². The minimum Gasteiger partial charge on any atom is -0.103 e. The predicted octanol–water partition coefficient (Wildman–Crippen LogP) is 9.10. The maximum Gasteiger partial charge on any atom is -0.0245 e. The zero-order valence-electron chi connectivity index (χ0n) is 20.4. The Balaban J connectivity index is 1.25. The summed E-state index contributed by atoms with van der Waals surface area (Å²) >= 11 is 0. The smallest absolute Gasteiger partial charge is 0.0245 e. The minimum atomic E-state index is 0.965. The van der Waals surface area contributed by atoms with Crippen LogP contribution in [0.1, 0.15) is 114 Å². The second-order valence-electron chi connectivity index (χ2n) is 11.4. The molecule has 0 amide bonds. The van der Waals surface area contributed by atoms with E-state index in [4.69, 9.17) is 0 Å². The molecule has 31 heavy (non-hydrogen) atoms. The van der Waals surface area contributed by atoms with Gasteiger partial charge in [-0.25, -0.2) is 0 Å². The Bertz CT molecular complexity index is 685. The molecule has 2 fully saturated rings. The lowest BCUT2D eigenvalue weighted by Gasteiger charge is -2.45. The molecule has 0 nitrogen and oxygen atoms in total. The standard InChI is InChI=1S/C31H48/c1-3-5-7-8-9-11-25-13-15-29-23-31(19-17-27(29)21-25)30-18-16-26-20-24(10-6-4-2)12-14-28(26)22-30/h4,13,15,21,24,26,28,30-31H,2-3,5-12,14,16-20,22-23H2,1H3/t24-,26?,28-,30?,31?/m1/s1. The molecule has 0 spiro atoms. The van der Waals surface area contributed by atoms with Gasteiger partial charge >= 0.3 is 0 Å². The van der Waals surface area contributed by atoms with E-state index in [1.165, 1.54) is 103 Å². The van der Waals surface area contributed by atoms with Crippen molar-refractivity contribution in [1.29, 1.82) is 0 Å². The molecular weight excluding hydrogens is 372 g/mol. The quantitative estimate of drug-likeness (QED) is 0.261. The van der Waals surface area contributed by atoms with E-state index < -0.39 is 0 Å². The zero-order chi connectivity index (χ0) is 21.5. The minimum absolute atomic E-state index is 0.965. The van der Waals surface area contributed by atoms with Gasteiger partial charge in [0.1, 0.15) is 0 Å². The molecule has 3 unspecified atom stereocenters. The van der Waals surface area contributed by atoms with Crippen LogP contribution in [-0.2, 0) is 19.3 Å². The van der Waals surface area contributed by atoms with Gasteiger partial charge in [-0.05, 0) is 123 Å². The average Bonchev–Trinajstić information content (AvgIpc) is 2.81. The lowest BCUT2D eigenvalue weighted by atomic mass is 9.61. The third-order valence-electron chi connectivity index (χ3n) is 9.31. The van der Waals surface area contributed by atoms with Gasteiger partial charge in [0.15, 0.2) is 0 Å². The van der Waals surface area contributed by atoms with E-state index in [-0.39, 0.29) is 0 Å². The van der Waals surface area contributed by atoms with Crippen molar-refractivity contribution >= 4 is 0 Å². The van der Waals surface area contributed by atoms with E-state index in [0.29, 0.717) is 0 Å². The summed E-state index contributed by atoms with van der Waals surface area (Å²) in [5, 5.41) is 0. The van der Waals surface area contributed by atoms with Crippen molar-refractivity contribution in [1.82, 2.24) is 0 Å². The second kappa shape index (κ2) is 11.7.